The lowest BCUT2D eigenvalue weighted by atomic mass is 9.78. The Morgan fingerprint density at radius 3 is 2.51 bits per heavy atom. The molecule has 0 saturated carbocycles. The first kappa shape index (κ1) is 24.0. The lowest BCUT2D eigenvalue weighted by Gasteiger charge is -2.30. The van der Waals surface area contributed by atoms with E-state index in [-0.39, 0.29) is 27.8 Å². The molecule has 1 saturated heterocycles. The Labute approximate surface area is 203 Å². The number of nitro groups is 2. The zero-order chi connectivity index (χ0) is 25.4. The highest BCUT2D eigenvalue weighted by Crippen LogP contribution is 2.40. The van der Waals surface area contributed by atoms with Crippen molar-refractivity contribution in [2.24, 2.45) is 17.8 Å². The van der Waals surface area contributed by atoms with E-state index in [9.17, 15) is 34.6 Å². The second-order valence-electron chi connectivity index (χ2n) is 8.34. The number of nitro benzene ring substituents is 2. The third-order valence-corrected chi connectivity index (χ3v) is 6.43. The molecule has 4 rings (SSSR count). The van der Waals surface area contributed by atoms with Crippen molar-refractivity contribution in [3.63, 3.8) is 0 Å². The maximum absolute atomic E-state index is 13.6. The number of carbonyl (C=O) groups excluding carboxylic acids is 3. The van der Waals surface area contributed by atoms with Crippen LogP contribution in [-0.4, -0.2) is 37.6 Å². The van der Waals surface area contributed by atoms with E-state index in [1.54, 1.807) is 13.0 Å². The minimum Gasteiger partial charge on any atom is -0.272 e. The van der Waals surface area contributed by atoms with Crippen molar-refractivity contribution in [1.82, 2.24) is 10.0 Å². The van der Waals surface area contributed by atoms with Crippen LogP contribution in [0.1, 0.15) is 29.3 Å². The van der Waals surface area contributed by atoms with Gasteiger partial charge >= 0.3 is 0 Å². The number of hydrogen-bond acceptors (Lipinski definition) is 7. The fraction of sp³-hybridized carbons (Fsp3) is 0.261. The number of non-ortho nitro benzene ring substituents is 1. The Bertz CT molecular complexity index is 1290. The molecule has 1 aliphatic carbocycles. The van der Waals surface area contributed by atoms with E-state index < -0.39 is 51.6 Å². The predicted molar refractivity (Wildman–Crippen MR) is 123 cm³/mol. The second kappa shape index (κ2) is 9.26. The summed E-state index contributed by atoms with van der Waals surface area (Å²) < 4.78 is 0. The number of halogens is 1. The van der Waals surface area contributed by atoms with Gasteiger partial charge in [0.1, 0.15) is 0 Å². The molecule has 12 heteroatoms. The van der Waals surface area contributed by atoms with Crippen LogP contribution in [0.15, 0.2) is 54.6 Å². The molecule has 3 atom stereocenters. The van der Waals surface area contributed by atoms with E-state index in [1.165, 1.54) is 30.3 Å². The fourth-order valence-corrected chi connectivity index (χ4v) is 4.67. The van der Waals surface area contributed by atoms with E-state index in [0.717, 1.165) is 22.2 Å². The highest BCUT2D eigenvalue weighted by molar-refractivity contribution is 6.30. The van der Waals surface area contributed by atoms with Crippen molar-refractivity contribution in [3.8, 4) is 0 Å². The molecule has 0 N–H and O–H groups in total. The smallest absolute Gasteiger partial charge is 0.272 e. The summed E-state index contributed by atoms with van der Waals surface area (Å²) in [6.45, 7) is 1.28. The normalized spacial score (nSPS) is 21.1. The number of imide groups is 1. The van der Waals surface area contributed by atoms with Crippen molar-refractivity contribution in [3.05, 3.63) is 91.0 Å². The molecule has 0 unspecified atom stereocenters. The highest BCUT2D eigenvalue weighted by atomic mass is 35.5. The molecule has 2 aliphatic rings. The summed E-state index contributed by atoms with van der Waals surface area (Å²) in [7, 11) is 0. The van der Waals surface area contributed by atoms with Gasteiger partial charge in [0.2, 0.25) is 0 Å². The lowest BCUT2D eigenvalue weighted by Crippen LogP contribution is -2.50. The zero-order valence-electron chi connectivity index (χ0n) is 18.4. The number of benzene rings is 2. The minimum atomic E-state index is -0.890. The maximum Gasteiger partial charge on any atom is 0.275 e. The molecule has 2 aromatic carbocycles. The Kier molecular flexibility index (Phi) is 6.35. The van der Waals surface area contributed by atoms with E-state index in [1.807, 2.05) is 6.08 Å². The van der Waals surface area contributed by atoms with Gasteiger partial charge in [-0.05, 0) is 30.5 Å². The van der Waals surface area contributed by atoms with Crippen LogP contribution in [-0.2, 0) is 16.1 Å². The highest BCUT2D eigenvalue weighted by Gasteiger charge is 2.53. The summed E-state index contributed by atoms with van der Waals surface area (Å²) in [5, 5.41) is 24.5. The quantitative estimate of drug-likeness (QED) is 0.254. The molecule has 0 bridgehead atoms. The summed E-state index contributed by atoms with van der Waals surface area (Å²) in [6, 6.07) is 8.64. The van der Waals surface area contributed by atoms with Gasteiger partial charge in [0.15, 0.2) is 0 Å². The SMILES string of the molecule is C[C@@H]1C=CC[C@@H]2C(=O)N(N(Cc3ccc(Cl)cc3[N+](=O)[O-])C(=O)c3cccc([N+](=O)[O-])c3)C(=O)[C@H]12. The van der Waals surface area contributed by atoms with Gasteiger partial charge < -0.3 is 0 Å². The van der Waals surface area contributed by atoms with Crippen molar-refractivity contribution in [2.75, 3.05) is 0 Å². The van der Waals surface area contributed by atoms with Gasteiger partial charge in [0, 0.05) is 28.8 Å². The van der Waals surface area contributed by atoms with E-state index in [4.69, 9.17) is 11.6 Å². The third kappa shape index (κ3) is 4.37. The lowest BCUT2D eigenvalue weighted by molar-refractivity contribution is -0.385. The molecule has 11 nitrogen and oxygen atoms in total. The average molecular weight is 499 g/mol. The number of amides is 3. The number of carbonyl (C=O) groups is 3. The minimum absolute atomic E-state index is 0.0276. The number of rotatable bonds is 6. The summed E-state index contributed by atoms with van der Waals surface area (Å²) in [5.41, 5.74) is -0.892. The Morgan fingerprint density at radius 1 is 1.11 bits per heavy atom. The van der Waals surface area contributed by atoms with Crippen LogP contribution in [0, 0.1) is 38.0 Å². The molecule has 1 fully saturated rings. The summed E-state index contributed by atoms with van der Waals surface area (Å²) >= 11 is 5.90. The van der Waals surface area contributed by atoms with Crippen LogP contribution in [0.3, 0.4) is 0 Å². The number of fused-ring (bicyclic) bond motifs is 1. The van der Waals surface area contributed by atoms with E-state index >= 15 is 0 Å². The van der Waals surface area contributed by atoms with Crippen molar-refractivity contribution in [2.45, 2.75) is 19.9 Å². The van der Waals surface area contributed by atoms with Gasteiger partial charge in [0.25, 0.3) is 29.1 Å². The standard InChI is InChI=1S/C23H19ClN4O7/c1-13-4-2-7-18-20(13)23(31)26(22(18)30)25(12-15-8-9-16(24)11-19(15)28(34)35)21(29)14-5-3-6-17(10-14)27(32)33/h2-6,8-11,13,18,20H,7,12H2,1H3/t13-,18+,20-/m1/s1. The summed E-state index contributed by atoms with van der Waals surface area (Å²) in [5.74, 6) is -3.72. The molecule has 0 spiro atoms. The Balaban J connectivity index is 1.80. The predicted octanol–water partition coefficient (Wildman–Crippen LogP) is 3.91. The first-order valence-corrected chi connectivity index (χ1v) is 11.0. The Hall–Kier alpha value is -4.12. The zero-order valence-corrected chi connectivity index (χ0v) is 19.1. The third-order valence-electron chi connectivity index (χ3n) is 6.19. The van der Waals surface area contributed by atoms with E-state index in [2.05, 4.69) is 0 Å². The van der Waals surface area contributed by atoms with Crippen LogP contribution in [0.4, 0.5) is 11.4 Å². The Morgan fingerprint density at radius 2 is 1.86 bits per heavy atom. The van der Waals surface area contributed by atoms with Crippen LogP contribution in [0.25, 0.3) is 0 Å². The van der Waals surface area contributed by atoms with Gasteiger partial charge in [-0.1, -0.05) is 36.7 Å². The van der Waals surface area contributed by atoms with Gasteiger partial charge in [-0.2, -0.15) is 5.01 Å². The molecule has 1 heterocycles. The molecular formula is C23H19ClN4O7. The van der Waals surface area contributed by atoms with Crippen LogP contribution in [0.2, 0.25) is 5.02 Å². The molecule has 0 aromatic heterocycles. The van der Waals surface area contributed by atoms with Crippen molar-refractivity contribution in [1.29, 1.82) is 0 Å². The number of allylic oxidation sites excluding steroid dienone is 2. The van der Waals surface area contributed by atoms with Gasteiger partial charge in [0.05, 0.1) is 33.8 Å². The first-order chi connectivity index (χ1) is 16.6. The average Bonchev–Trinajstić information content (AvgIpc) is 3.08. The first-order valence-electron chi connectivity index (χ1n) is 10.6. The molecule has 35 heavy (non-hydrogen) atoms. The fourth-order valence-electron chi connectivity index (χ4n) is 4.51. The van der Waals surface area contributed by atoms with Crippen LogP contribution < -0.4 is 0 Å². The monoisotopic (exact) mass is 498 g/mol. The van der Waals surface area contributed by atoms with Gasteiger partial charge in [-0.15, -0.1) is 0 Å². The number of hydrazine groups is 1. The molecule has 2 aromatic rings. The number of nitrogens with zero attached hydrogens (tertiary/aromatic N) is 4. The van der Waals surface area contributed by atoms with Crippen molar-refractivity contribution >= 4 is 40.7 Å². The van der Waals surface area contributed by atoms with Gasteiger partial charge in [-0.25, -0.2) is 5.01 Å². The molecule has 1 aliphatic heterocycles. The van der Waals surface area contributed by atoms with Crippen LogP contribution >= 0.6 is 11.6 Å². The second-order valence-corrected chi connectivity index (χ2v) is 8.78. The molecular weight excluding hydrogens is 480 g/mol. The summed E-state index contributed by atoms with van der Waals surface area (Å²) in [6.07, 6.45) is 3.94. The van der Waals surface area contributed by atoms with Crippen molar-refractivity contribution < 1.29 is 24.2 Å². The van der Waals surface area contributed by atoms with Crippen LogP contribution in [0.5, 0.6) is 0 Å². The largest absolute Gasteiger partial charge is 0.275 e. The molecule has 3 amide bonds. The summed E-state index contributed by atoms with van der Waals surface area (Å²) in [4.78, 5) is 61.8. The molecule has 0 radical (unpaired) electrons. The topological polar surface area (TPSA) is 144 Å². The van der Waals surface area contributed by atoms with Gasteiger partial charge in [-0.3, -0.25) is 34.6 Å². The molecule has 180 valence electrons. The maximum atomic E-state index is 13.6. The van der Waals surface area contributed by atoms with E-state index in [0.29, 0.717) is 6.42 Å². The number of hydrogen-bond donors (Lipinski definition) is 0.